The third kappa shape index (κ3) is 3.12. The molecule has 1 aromatic rings. The summed E-state index contributed by atoms with van der Waals surface area (Å²) in [6.07, 6.45) is -0.632. The molecule has 1 heterocycles. The molecular weight excluding hydrogens is 229 g/mol. The normalized spacial score (nSPS) is 20.6. The number of anilines is 1. The van der Waals surface area contributed by atoms with Gasteiger partial charge in [0.15, 0.2) is 0 Å². The Morgan fingerprint density at radius 1 is 1.35 bits per heavy atom. The van der Waals surface area contributed by atoms with E-state index < -0.39 is 12.2 Å². The quantitative estimate of drug-likeness (QED) is 0.854. The van der Waals surface area contributed by atoms with Crippen LogP contribution in [0.5, 0.6) is 0 Å². The molecule has 1 saturated heterocycles. The first-order chi connectivity index (χ1) is 8.16. The van der Waals surface area contributed by atoms with E-state index in [-0.39, 0.29) is 11.6 Å². The Kier molecular flexibility index (Phi) is 3.89. The zero-order valence-corrected chi connectivity index (χ0v) is 9.35. The van der Waals surface area contributed by atoms with Gasteiger partial charge in [0.25, 0.3) is 6.43 Å². The van der Waals surface area contributed by atoms with Gasteiger partial charge in [-0.15, -0.1) is 0 Å². The van der Waals surface area contributed by atoms with E-state index in [2.05, 4.69) is 10.6 Å². The molecule has 1 aliphatic heterocycles. The Morgan fingerprint density at radius 3 is 2.76 bits per heavy atom. The van der Waals surface area contributed by atoms with E-state index in [1.807, 2.05) is 0 Å². The molecule has 1 aliphatic rings. The number of nitrogens with one attached hydrogen (secondary N) is 2. The summed E-state index contributed by atoms with van der Waals surface area (Å²) in [6.45, 7) is 1.75. The third-order valence-electron chi connectivity index (χ3n) is 2.90. The number of piperidine rings is 1. The predicted octanol–water partition coefficient (Wildman–Crippen LogP) is 2.93. The van der Waals surface area contributed by atoms with Gasteiger partial charge < -0.3 is 10.6 Å². The maximum atomic E-state index is 13.5. The van der Waals surface area contributed by atoms with Crippen LogP contribution in [0.2, 0.25) is 0 Å². The Hall–Kier alpha value is -1.23. The highest BCUT2D eigenvalue weighted by Crippen LogP contribution is 2.24. The van der Waals surface area contributed by atoms with Gasteiger partial charge in [0.1, 0.15) is 5.82 Å². The van der Waals surface area contributed by atoms with E-state index in [0.717, 1.165) is 32.0 Å². The van der Waals surface area contributed by atoms with Crippen molar-refractivity contribution >= 4 is 5.69 Å². The fourth-order valence-corrected chi connectivity index (χ4v) is 1.98. The molecule has 2 nitrogen and oxygen atoms in total. The minimum absolute atomic E-state index is 0.163. The van der Waals surface area contributed by atoms with E-state index in [0.29, 0.717) is 5.69 Å². The molecule has 0 saturated carbocycles. The molecule has 1 unspecified atom stereocenters. The SMILES string of the molecule is Fc1cc(C(F)F)ccc1NC1CCCNC1. The van der Waals surface area contributed by atoms with Gasteiger partial charge >= 0.3 is 0 Å². The van der Waals surface area contributed by atoms with E-state index in [1.54, 1.807) is 0 Å². The summed E-state index contributed by atoms with van der Waals surface area (Å²) in [5, 5.41) is 6.23. The second-order valence-electron chi connectivity index (χ2n) is 4.23. The number of benzene rings is 1. The molecule has 5 heteroatoms. The van der Waals surface area contributed by atoms with E-state index in [9.17, 15) is 13.2 Å². The predicted molar refractivity (Wildman–Crippen MR) is 60.9 cm³/mol. The van der Waals surface area contributed by atoms with Crippen LogP contribution < -0.4 is 10.6 Å². The number of halogens is 3. The van der Waals surface area contributed by atoms with Crippen LogP contribution in [0.3, 0.4) is 0 Å². The van der Waals surface area contributed by atoms with Crippen LogP contribution in [-0.4, -0.2) is 19.1 Å². The molecule has 0 aliphatic carbocycles. The van der Waals surface area contributed by atoms with Crippen molar-refractivity contribution in [3.05, 3.63) is 29.6 Å². The lowest BCUT2D eigenvalue weighted by Gasteiger charge is -2.25. The van der Waals surface area contributed by atoms with Gasteiger partial charge in [-0.2, -0.15) is 0 Å². The number of hydrogen-bond acceptors (Lipinski definition) is 2. The molecule has 1 atom stereocenters. The first kappa shape index (κ1) is 12.2. The number of alkyl halides is 2. The van der Waals surface area contributed by atoms with Gasteiger partial charge in [0.05, 0.1) is 5.69 Å². The summed E-state index contributed by atoms with van der Waals surface area (Å²) in [7, 11) is 0. The van der Waals surface area contributed by atoms with Crippen LogP contribution in [0.25, 0.3) is 0 Å². The molecule has 2 N–H and O–H groups in total. The second kappa shape index (κ2) is 5.40. The topological polar surface area (TPSA) is 24.1 Å². The standard InChI is InChI=1S/C12H15F3N2/c13-10-6-8(12(14)15)3-4-11(10)17-9-2-1-5-16-7-9/h3-4,6,9,12,16-17H,1-2,5,7H2. The molecule has 0 spiro atoms. The fourth-order valence-electron chi connectivity index (χ4n) is 1.98. The van der Waals surface area contributed by atoms with Gasteiger partial charge in [0, 0.05) is 18.2 Å². The van der Waals surface area contributed by atoms with Crippen LogP contribution in [0, 0.1) is 5.82 Å². The van der Waals surface area contributed by atoms with Crippen LogP contribution in [0.4, 0.5) is 18.9 Å². The van der Waals surface area contributed by atoms with Crippen LogP contribution in [0.1, 0.15) is 24.8 Å². The van der Waals surface area contributed by atoms with Gasteiger partial charge in [-0.1, -0.05) is 6.07 Å². The highest BCUT2D eigenvalue weighted by Gasteiger charge is 2.15. The number of rotatable bonds is 3. The Morgan fingerprint density at radius 2 is 2.18 bits per heavy atom. The zero-order chi connectivity index (χ0) is 12.3. The molecule has 0 radical (unpaired) electrons. The van der Waals surface area contributed by atoms with E-state index in [1.165, 1.54) is 12.1 Å². The van der Waals surface area contributed by atoms with Gasteiger partial charge in [-0.25, -0.2) is 13.2 Å². The average molecular weight is 244 g/mol. The van der Waals surface area contributed by atoms with Crippen molar-refractivity contribution in [2.24, 2.45) is 0 Å². The van der Waals surface area contributed by atoms with Gasteiger partial charge in [0.2, 0.25) is 0 Å². The van der Waals surface area contributed by atoms with Gasteiger partial charge in [-0.05, 0) is 31.5 Å². The molecular formula is C12H15F3N2. The minimum atomic E-state index is -2.63. The highest BCUT2D eigenvalue weighted by atomic mass is 19.3. The summed E-state index contributed by atoms with van der Waals surface area (Å²) in [5.74, 6) is -0.617. The molecule has 17 heavy (non-hydrogen) atoms. The van der Waals surface area contributed by atoms with Crippen molar-refractivity contribution in [1.82, 2.24) is 5.32 Å². The summed E-state index contributed by atoms with van der Waals surface area (Å²) >= 11 is 0. The van der Waals surface area contributed by atoms with Crippen molar-refractivity contribution < 1.29 is 13.2 Å². The second-order valence-corrected chi connectivity index (χ2v) is 4.23. The van der Waals surface area contributed by atoms with Crippen molar-refractivity contribution in [2.45, 2.75) is 25.3 Å². The Balaban J connectivity index is 2.05. The molecule has 0 amide bonds. The molecule has 2 rings (SSSR count). The first-order valence-electron chi connectivity index (χ1n) is 5.71. The smallest absolute Gasteiger partial charge is 0.263 e. The average Bonchev–Trinajstić information content (AvgIpc) is 2.33. The highest BCUT2D eigenvalue weighted by molar-refractivity contribution is 5.47. The lowest BCUT2D eigenvalue weighted by atomic mass is 10.1. The van der Waals surface area contributed by atoms with Crippen molar-refractivity contribution in [1.29, 1.82) is 0 Å². The van der Waals surface area contributed by atoms with Crippen molar-refractivity contribution in [2.75, 3.05) is 18.4 Å². The van der Waals surface area contributed by atoms with E-state index in [4.69, 9.17) is 0 Å². The molecule has 94 valence electrons. The summed E-state index contributed by atoms with van der Waals surface area (Å²) in [5.41, 5.74) is 0.0120. The van der Waals surface area contributed by atoms with Crippen LogP contribution in [0.15, 0.2) is 18.2 Å². The maximum Gasteiger partial charge on any atom is 0.263 e. The largest absolute Gasteiger partial charge is 0.379 e. The summed E-state index contributed by atoms with van der Waals surface area (Å²) in [4.78, 5) is 0. The van der Waals surface area contributed by atoms with E-state index >= 15 is 0 Å². The third-order valence-corrected chi connectivity index (χ3v) is 2.90. The zero-order valence-electron chi connectivity index (χ0n) is 9.35. The Bertz CT molecular complexity index is 376. The van der Waals surface area contributed by atoms with Crippen molar-refractivity contribution in [3.8, 4) is 0 Å². The molecule has 0 bridgehead atoms. The maximum absolute atomic E-state index is 13.5. The first-order valence-corrected chi connectivity index (χ1v) is 5.71. The van der Waals surface area contributed by atoms with Crippen LogP contribution in [-0.2, 0) is 0 Å². The fraction of sp³-hybridized carbons (Fsp3) is 0.500. The molecule has 1 fully saturated rings. The van der Waals surface area contributed by atoms with Gasteiger partial charge in [-0.3, -0.25) is 0 Å². The summed E-state index contributed by atoms with van der Waals surface area (Å²) < 4.78 is 38.2. The number of hydrogen-bond donors (Lipinski definition) is 2. The van der Waals surface area contributed by atoms with Crippen molar-refractivity contribution in [3.63, 3.8) is 0 Å². The lowest BCUT2D eigenvalue weighted by molar-refractivity contribution is 0.151. The summed E-state index contributed by atoms with van der Waals surface area (Å²) in [6, 6.07) is 3.69. The lowest BCUT2D eigenvalue weighted by Crippen LogP contribution is -2.38. The molecule has 0 aromatic heterocycles. The monoisotopic (exact) mass is 244 g/mol. The van der Waals surface area contributed by atoms with Crippen LogP contribution >= 0.6 is 0 Å². The minimum Gasteiger partial charge on any atom is -0.379 e. The molecule has 1 aromatic carbocycles. The Labute approximate surface area is 98.2 Å².